The number of fused-ring (bicyclic) bond motifs is 1. The number of thioether (sulfide) groups is 1. The van der Waals surface area contributed by atoms with Gasteiger partial charge in [0.05, 0.1) is 29.0 Å². The molecule has 0 radical (unpaired) electrons. The minimum Gasteiger partial charge on any atom is -0.467 e. The largest absolute Gasteiger partial charge is 0.467 e. The Balaban J connectivity index is 1.53. The van der Waals surface area contributed by atoms with Crippen molar-refractivity contribution < 1.29 is 27.2 Å². The Labute approximate surface area is 185 Å². The number of hydrogen-bond acceptors (Lipinski definition) is 4. The van der Waals surface area contributed by atoms with Crippen LogP contribution in [0.3, 0.4) is 0 Å². The van der Waals surface area contributed by atoms with Gasteiger partial charge in [0.15, 0.2) is 0 Å². The average Bonchev–Trinajstić information content (AvgIpc) is 3.29. The molecule has 3 aromatic rings. The summed E-state index contributed by atoms with van der Waals surface area (Å²) in [6, 6.07) is 13.1. The van der Waals surface area contributed by atoms with E-state index in [1.807, 2.05) is 0 Å². The monoisotopic (exact) mass is 458 g/mol. The van der Waals surface area contributed by atoms with E-state index in [-0.39, 0.29) is 18.4 Å². The number of anilines is 1. The number of nitrogens with one attached hydrogen (secondary N) is 1. The lowest BCUT2D eigenvalue weighted by molar-refractivity contribution is -0.137. The number of amides is 2. The third kappa shape index (κ3) is 4.57. The molecule has 1 N–H and O–H groups in total. The lowest BCUT2D eigenvalue weighted by Gasteiger charge is -2.27. The highest BCUT2D eigenvalue weighted by molar-refractivity contribution is 8.04. The highest BCUT2D eigenvalue weighted by Gasteiger charge is 2.30. The molecule has 0 saturated heterocycles. The molecular formula is C23H17F3N2O3S. The fourth-order valence-electron chi connectivity index (χ4n) is 3.14. The van der Waals surface area contributed by atoms with Gasteiger partial charge in [-0.15, -0.1) is 0 Å². The number of furan rings is 1. The minimum absolute atomic E-state index is 0.243. The van der Waals surface area contributed by atoms with E-state index in [9.17, 15) is 22.8 Å². The standard InChI is InChI=1S/C23H17F3N2O3S/c1-28-18-12-15(21(29)27-13-17-3-2-10-31-17)6-9-19(18)32-20(22(28)30)11-14-4-7-16(8-5-14)23(24,25)26/h2-12H,13H2,1H3,(H,27,29). The lowest BCUT2D eigenvalue weighted by atomic mass is 10.1. The van der Waals surface area contributed by atoms with Gasteiger partial charge in [0.1, 0.15) is 5.76 Å². The van der Waals surface area contributed by atoms with E-state index < -0.39 is 11.7 Å². The van der Waals surface area contributed by atoms with Crippen LogP contribution in [-0.4, -0.2) is 18.9 Å². The fraction of sp³-hybridized carbons (Fsp3) is 0.130. The number of likely N-dealkylation sites (N-methyl/N-ethyl adjacent to an activating group) is 1. The molecule has 2 amide bonds. The molecule has 0 aliphatic carbocycles. The quantitative estimate of drug-likeness (QED) is 0.537. The van der Waals surface area contributed by atoms with Crippen molar-refractivity contribution in [2.45, 2.75) is 17.6 Å². The van der Waals surface area contributed by atoms with E-state index in [1.165, 1.54) is 35.1 Å². The Morgan fingerprint density at radius 2 is 1.91 bits per heavy atom. The molecule has 0 spiro atoms. The molecule has 1 aromatic heterocycles. The van der Waals surface area contributed by atoms with E-state index >= 15 is 0 Å². The lowest BCUT2D eigenvalue weighted by Crippen LogP contribution is -2.31. The summed E-state index contributed by atoms with van der Waals surface area (Å²) in [7, 11) is 1.59. The normalized spacial score (nSPS) is 15.1. The number of alkyl halides is 3. The van der Waals surface area contributed by atoms with Crippen LogP contribution in [-0.2, 0) is 17.5 Å². The Morgan fingerprint density at radius 3 is 2.56 bits per heavy atom. The molecule has 32 heavy (non-hydrogen) atoms. The zero-order chi connectivity index (χ0) is 22.9. The van der Waals surface area contributed by atoms with Gasteiger partial charge >= 0.3 is 6.18 Å². The molecule has 1 aliphatic rings. The van der Waals surface area contributed by atoms with Crippen LogP contribution in [0.1, 0.15) is 27.2 Å². The molecular weight excluding hydrogens is 441 g/mol. The van der Waals surface area contributed by atoms with Crippen molar-refractivity contribution in [1.82, 2.24) is 5.32 Å². The van der Waals surface area contributed by atoms with Crippen molar-refractivity contribution in [3.05, 3.63) is 88.2 Å². The fourth-order valence-corrected chi connectivity index (χ4v) is 4.23. The number of carbonyl (C=O) groups is 2. The summed E-state index contributed by atoms with van der Waals surface area (Å²) < 4.78 is 43.5. The maximum absolute atomic E-state index is 12.8. The van der Waals surface area contributed by atoms with Crippen LogP contribution in [0.2, 0.25) is 0 Å². The molecule has 0 atom stereocenters. The summed E-state index contributed by atoms with van der Waals surface area (Å²) in [6.07, 6.45) is -1.34. The van der Waals surface area contributed by atoms with Crippen LogP contribution < -0.4 is 10.2 Å². The zero-order valence-corrected chi connectivity index (χ0v) is 17.6. The first kappa shape index (κ1) is 21.8. The van der Waals surface area contributed by atoms with Gasteiger partial charge in [-0.3, -0.25) is 9.59 Å². The van der Waals surface area contributed by atoms with Crippen LogP contribution >= 0.6 is 11.8 Å². The second kappa shape index (κ2) is 8.58. The third-order valence-corrected chi connectivity index (χ3v) is 5.93. The summed E-state index contributed by atoms with van der Waals surface area (Å²) >= 11 is 1.21. The van der Waals surface area contributed by atoms with Gasteiger partial charge in [-0.25, -0.2) is 0 Å². The molecule has 0 bridgehead atoms. The summed E-state index contributed by atoms with van der Waals surface area (Å²) in [5.41, 5.74) is 0.711. The van der Waals surface area contributed by atoms with Gasteiger partial charge < -0.3 is 14.6 Å². The molecule has 0 unspecified atom stereocenters. The number of benzene rings is 2. The number of carbonyl (C=O) groups excluding carboxylic acids is 2. The number of nitrogens with zero attached hydrogens (tertiary/aromatic N) is 1. The number of hydrogen-bond donors (Lipinski definition) is 1. The van der Waals surface area contributed by atoms with Gasteiger partial charge in [0.25, 0.3) is 11.8 Å². The Bertz CT molecular complexity index is 1190. The third-order valence-electron chi connectivity index (χ3n) is 4.86. The molecule has 2 aromatic carbocycles. The highest BCUT2D eigenvalue weighted by Crippen LogP contribution is 2.42. The molecule has 2 heterocycles. The Morgan fingerprint density at radius 1 is 1.16 bits per heavy atom. The van der Waals surface area contributed by atoms with Crippen molar-refractivity contribution in [2.24, 2.45) is 0 Å². The summed E-state index contributed by atoms with van der Waals surface area (Å²) in [5.74, 6) is 0.00823. The summed E-state index contributed by atoms with van der Waals surface area (Å²) in [5, 5.41) is 2.76. The van der Waals surface area contributed by atoms with Crippen LogP contribution in [0.5, 0.6) is 0 Å². The molecule has 4 rings (SSSR count). The molecule has 0 saturated carbocycles. The van der Waals surface area contributed by atoms with Crippen LogP contribution in [0.15, 0.2) is 75.1 Å². The van der Waals surface area contributed by atoms with Gasteiger partial charge in [0.2, 0.25) is 0 Å². The van der Waals surface area contributed by atoms with E-state index in [4.69, 9.17) is 4.42 Å². The molecule has 9 heteroatoms. The van der Waals surface area contributed by atoms with Gasteiger partial charge in [-0.2, -0.15) is 13.2 Å². The number of halogens is 3. The van der Waals surface area contributed by atoms with Crippen molar-refractivity contribution >= 4 is 35.3 Å². The summed E-state index contributed by atoms with van der Waals surface area (Å²) in [6.45, 7) is 0.243. The average molecular weight is 458 g/mol. The smallest absolute Gasteiger partial charge is 0.416 e. The Kier molecular flexibility index (Phi) is 5.84. The number of rotatable bonds is 4. The van der Waals surface area contributed by atoms with Gasteiger partial charge in [0, 0.05) is 17.5 Å². The zero-order valence-electron chi connectivity index (χ0n) is 16.8. The van der Waals surface area contributed by atoms with Crippen molar-refractivity contribution in [3.63, 3.8) is 0 Å². The van der Waals surface area contributed by atoms with E-state index in [1.54, 1.807) is 43.5 Å². The highest BCUT2D eigenvalue weighted by atomic mass is 32.2. The van der Waals surface area contributed by atoms with Crippen LogP contribution in [0, 0.1) is 0 Å². The van der Waals surface area contributed by atoms with Crippen molar-refractivity contribution in [1.29, 1.82) is 0 Å². The van der Waals surface area contributed by atoms with E-state index in [0.29, 0.717) is 27.5 Å². The van der Waals surface area contributed by atoms with E-state index in [2.05, 4.69) is 5.32 Å². The molecule has 164 valence electrons. The maximum atomic E-state index is 12.8. The predicted molar refractivity (Wildman–Crippen MR) is 115 cm³/mol. The molecule has 5 nitrogen and oxygen atoms in total. The first-order chi connectivity index (χ1) is 15.2. The first-order valence-electron chi connectivity index (χ1n) is 9.52. The van der Waals surface area contributed by atoms with E-state index in [0.717, 1.165) is 17.0 Å². The Hall–Kier alpha value is -3.46. The van der Waals surface area contributed by atoms with Crippen LogP contribution in [0.4, 0.5) is 18.9 Å². The SMILES string of the molecule is CN1C(=O)C(=Cc2ccc(C(F)(F)F)cc2)Sc2ccc(C(=O)NCc3ccco3)cc21. The van der Waals surface area contributed by atoms with Crippen molar-refractivity contribution in [2.75, 3.05) is 11.9 Å². The molecule has 0 fully saturated rings. The minimum atomic E-state index is -4.41. The topological polar surface area (TPSA) is 62.6 Å². The van der Waals surface area contributed by atoms with Gasteiger partial charge in [-0.1, -0.05) is 23.9 Å². The van der Waals surface area contributed by atoms with Crippen LogP contribution in [0.25, 0.3) is 6.08 Å². The van der Waals surface area contributed by atoms with Gasteiger partial charge in [-0.05, 0) is 54.1 Å². The predicted octanol–water partition coefficient (Wildman–Crippen LogP) is 5.34. The maximum Gasteiger partial charge on any atom is 0.416 e. The molecule has 1 aliphatic heterocycles. The first-order valence-corrected chi connectivity index (χ1v) is 10.3. The summed E-state index contributed by atoms with van der Waals surface area (Å²) in [4.78, 5) is 27.8. The second-order valence-corrected chi connectivity index (χ2v) is 8.12. The second-order valence-electron chi connectivity index (χ2n) is 7.04. The van der Waals surface area contributed by atoms with Crippen molar-refractivity contribution in [3.8, 4) is 0 Å².